The van der Waals surface area contributed by atoms with Crippen molar-refractivity contribution >= 4 is 44.9 Å². The lowest BCUT2D eigenvalue weighted by molar-refractivity contribution is 0.102. The molecule has 104 valence electrons. The third kappa shape index (κ3) is 3.26. The van der Waals surface area contributed by atoms with E-state index < -0.39 is 11.7 Å². The summed E-state index contributed by atoms with van der Waals surface area (Å²) in [7, 11) is 1.69. The number of pyridine rings is 1. The number of aromatic nitrogens is 1. The van der Waals surface area contributed by atoms with Gasteiger partial charge in [-0.2, -0.15) is 0 Å². The van der Waals surface area contributed by atoms with Gasteiger partial charge in [0.1, 0.15) is 11.6 Å². The van der Waals surface area contributed by atoms with Crippen molar-refractivity contribution in [3.63, 3.8) is 0 Å². The van der Waals surface area contributed by atoms with Crippen LogP contribution in [0, 0.1) is 5.82 Å². The van der Waals surface area contributed by atoms with Gasteiger partial charge in [-0.3, -0.25) is 4.79 Å². The number of benzene rings is 1. The number of halogens is 3. The van der Waals surface area contributed by atoms with Crippen LogP contribution in [-0.2, 0) is 0 Å². The largest absolute Gasteiger partial charge is 0.373 e. The van der Waals surface area contributed by atoms with Crippen molar-refractivity contribution < 1.29 is 9.18 Å². The van der Waals surface area contributed by atoms with E-state index in [1.807, 2.05) is 0 Å². The summed E-state index contributed by atoms with van der Waals surface area (Å²) in [5.41, 5.74) is 0.744. The van der Waals surface area contributed by atoms with E-state index >= 15 is 0 Å². The second-order valence-electron chi connectivity index (χ2n) is 3.88. The van der Waals surface area contributed by atoms with Gasteiger partial charge in [0.25, 0.3) is 5.91 Å². The Hall–Kier alpha value is -1.66. The fourth-order valence-corrected chi connectivity index (χ4v) is 2.09. The zero-order valence-electron chi connectivity index (χ0n) is 10.4. The second-order valence-corrected chi connectivity index (χ2v) is 5.14. The molecule has 2 aromatic rings. The van der Waals surface area contributed by atoms with Crippen molar-refractivity contribution in [2.24, 2.45) is 0 Å². The number of anilines is 2. The van der Waals surface area contributed by atoms with E-state index in [2.05, 4.69) is 31.5 Å². The molecule has 7 heteroatoms. The van der Waals surface area contributed by atoms with Crippen molar-refractivity contribution in [3.05, 3.63) is 51.3 Å². The Labute approximate surface area is 128 Å². The maximum absolute atomic E-state index is 13.1. The molecule has 0 aliphatic carbocycles. The summed E-state index contributed by atoms with van der Waals surface area (Å²) in [6.07, 6.45) is 1.39. The van der Waals surface area contributed by atoms with Crippen LogP contribution in [-0.4, -0.2) is 17.9 Å². The number of amides is 1. The Morgan fingerprint density at radius 3 is 2.80 bits per heavy atom. The molecule has 0 atom stereocenters. The van der Waals surface area contributed by atoms with E-state index in [0.717, 1.165) is 0 Å². The van der Waals surface area contributed by atoms with Crippen LogP contribution in [0.4, 0.5) is 15.9 Å². The number of rotatable bonds is 3. The summed E-state index contributed by atoms with van der Waals surface area (Å²) in [5.74, 6) is -0.269. The third-order valence-corrected chi connectivity index (χ3v) is 3.44. The zero-order chi connectivity index (χ0) is 14.7. The molecule has 1 amide bonds. The normalized spacial score (nSPS) is 10.2. The first kappa shape index (κ1) is 14.7. The quantitative estimate of drug-likeness (QED) is 0.874. The van der Waals surface area contributed by atoms with Crippen LogP contribution >= 0.6 is 27.5 Å². The minimum Gasteiger partial charge on any atom is -0.373 e. The summed E-state index contributed by atoms with van der Waals surface area (Å²) in [6.45, 7) is 0. The molecule has 0 spiro atoms. The van der Waals surface area contributed by atoms with Crippen LogP contribution in [0.3, 0.4) is 0 Å². The summed E-state index contributed by atoms with van der Waals surface area (Å²) in [4.78, 5) is 16.1. The van der Waals surface area contributed by atoms with Gasteiger partial charge in [0.05, 0.1) is 15.1 Å². The van der Waals surface area contributed by atoms with Crippen LogP contribution in [0.1, 0.15) is 10.4 Å². The van der Waals surface area contributed by atoms with Crippen molar-refractivity contribution in [1.82, 2.24) is 4.98 Å². The SMILES string of the molecule is CNc1cc(C(=O)Nc2ccc(F)c(Br)c2)c(Cl)cn1. The fraction of sp³-hybridized carbons (Fsp3) is 0.0769. The highest BCUT2D eigenvalue weighted by Crippen LogP contribution is 2.22. The van der Waals surface area contributed by atoms with E-state index in [0.29, 0.717) is 11.5 Å². The van der Waals surface area contributed by atoms with Crippen molar-refractivity contribution in [2.75, 3.05) is 17.7 Å². The molecule has 0 saturated carbocycles. The molecule has 0 aliphatic rings. The molecule has 1 heterocycles. The number of hydrogen-bond acceptors (Lipinski definition) is 3. The van der Waals surface area contributed by atoms with Crippen LogP contribution < -0.4 is 10.6 Å². The molecule has 1 aromatic carbocycles. The van der Waals surface area contributed by atoms with Gasteiger partial charge in [-0.25, -0.2) is 9.37 Å². The maximum atomic E-state index is 13.1. The van der Waals surface area contributed by atoms with Crippen molar-refractivity contribution in [1.29, 1.82) is 0 Å². The minimum atomic E-state index is -0.401. The Morgan fingerprint density at radius 2 is 2.15 bits per heavy atom. The first-order valence-electron chi connectivity index (χ1n) is 5.61. The molecule has 4 nitrogen and oxygen atoms in total. The Morgan fingerprint density at radius 1 is 1.40 bits per heavy atom. The van der Waals surface area contributed by atoms with E-state index in [1.54, 1.807) is 7.05 Å². The Bertz CT molecular complexity index is 666. The van der Waals surface area contributed by atoms with Crippen molar-refractivity contribution in [3.8, 4) is 0 Å². The van der Waals surface area contributed by atoms with E-state index in [1.165, 1.54) is 30.5 Å². The monoisotopic (exact) mass is 357 g/mol. The summed E-state index contributed by atoms with van der Waals surface area (Å²) in [5, 5.41) is 5.70. The molecule has 0 fully saturated rings. The molecule has 0 aliphatic heterocycles. The van der Waals surface area contributed by atoms with E-state index in [9.17, 15) is 9.18 Å². The van der Waals surface area contributed by atoms with Crippen LogP contribution in [0.15, 0.2) is 34.9 Å². The minimum absolute atomic E-state index is 0.239. The molecule has 0 unspecified atom stereocenters. The zero-order valence-corrected chi connectivity index (χ0v) is 12.7. The number of nitrogens with zero attached hydrogens (tertiary/aromatic N) is 1. The highest BCUT2D eigenvalue weighted by Gasteiger charge is 2.13. The fourth-order valence-electron chi connectivity index (χ4n) is 1.52. The molecule has 0 radical (unpaired) electrons. The maximum Gasteiger partial charge on any atom is 0.257 e. The molecular weight excluding hydrogens is 349 g/mol. The molecule has 0 bridgehead atoms. The molecule has 2 N–H and O–H groups in total. The lowest BCUT2D eigenvalue weighted by Gasteiger charge is -2.08. The van der Waals surface area contributed by atoms with Gasteiger partial charge in [-0.1, -0.05) is 11.6 Å². The van der Waals surface area contributed by atoms with Crippen LogP contribution in [0.25, 0.3) is 0 Å². The average Bonchev–Trinajstić information content (AvgIpc) is 2.43. The van der Waals surface area contributed by atoms with E-state index in [4.69, 9.17) is 11.6 Å². The smallest absolute Gasteiger partial charge is 0.257 e. The summed E-state index contributed by atoms with van der Waals surface area (Å²) in [6, 6.07) is 5.73. The average molecular weight is 359 g/mol. The Kier molecular flexibility index (Phi) is 4.57. The lowest BCUT2D eigenvalue weighted by Crippen LogP contribution is -2.13. The highest BCUT2D eigenvalue weighted by atomic mass is 79.9. The molecule has 1 aromatic heterocycles. The van der Waals surface area contributed by atoms with Gasteiger partial charge in [-0.05, 0) is 40.2 Å². The summed E-state index contributed by atoms with van der Waals surface area (Å²) < 4.78 is 13.4. The lowest BCUT2D eigenvalue weighted by atomic mass is 10.2. The van der Waals surface area contributed by atoms with Crippen LogP contribution in [0.5, 0.6) is 0 Å². The van der Waals surface area contributed by atoms with E-state index in [-0.39, 0.29) is 15.1 Å². The van der Waals surface area contributed by atoms with Crippen LogP contribution in [0.2, 0.25) is 5.02 Å². The summed E-state index contributed by atoms with van der Waals surface area (Å²) >= 11 is 9.01. The first-order valence-corrected chi connectivity index (χ1v) is 6.78. The predicted octanol–water partition coefficient (Wildman–Crippen LogP) is 3.93. The van der Waals surface area contributed by atoms with Gasteiger partial charge < -0.3 is 10.6 Å². The number of carbonyl (C=O) groups is 1. The van der Waals surface area contributed by atoms with Gasteiger partial charge in [-0.15, -0.1) is 0 Å². The second kappa shape index (κ2) is 6.19. The standard InChI is InChI=1S/C13H10BrClFN3O/c1-17-12-5-8(10(15)6-18-12)13(20)19-7-2-3-11(16)9(14)4-7/h2-6H,1H3,(H,17,18)(H,19,20). The van der Waals surface area contributed by atoms with Crippen molar-refractivity contribution in [2.45, 2.75) is 0 Å². The molecular formula is C13H10BrClFN3O. The first-order chi connectivity index (χ1) is 9.51. The van der Waals surface area contributed by atoms with Gasteiger partial charge in [0.15, 0.2) is 0 Å². The Balaban J connectivity index is 2.25. The number of nitrogens with one attached hydrogen (secondary N) is 2. The molecule has 20 heavy (non-hydrogen) atoms. The highest BCUT2D eigenvalue weighted by molar-refractivity contribution is 9.10. The van der Waals surface area contributed by atoms with Gasteiger partial charge in [0, 0.05) is 18.9 Å². The predicted molar refractivity (Wildman–Crippen MR) is 80.8 cm³/mol. The van der Waals surface area contributed by atoms with Gasteiger partial charge in [0.2, 0.25) is 0 Å². The molecule has 0 saturated heterocycles. The van der Waals surface area contributed by atoms with Gasteiger partial charge >= 0.3 is 0 Å². The third-order valence-electron chi connectivity index (χ3n) is 2.53. The molecule has 2 rings (SSSR count). The number of hydrogen-bond donors (Lipinski definition) is 2. The topological polar surface area (TPSA) is 54.0 Å². The number of carbonyl (C=O) groups excluding carboxylic acids is 1.